The fourth-order valence-corrected chi connectivity index (χ4v) is 5.63. The fourth-order valence-electron chi connectivity index (χ4n) is 5.63. The highest BCUT2D eigenvalue weighted by Crippen LogP contribution is 2.44. The molecule has 0 spiro atoms. The van der Waals surface area contributed by atoms with Crippen LogP contribution in [0.3, 0.4) is 0 Å². The van der Waals surface area contributed by atoms with Gasteiger partial charge < -0.3 is 9.32 Å². The summed E-state index contributed by atoms with van der Waals surface area (Å²) in [6.07, 6.45) is 2.09. The van der Waals surface area contributed by atoms with Gasteiger partial charge >= 0.3 is 0 Å². The summed E-state index contributed by atoms with van der Waals surface area (Å²) in [5.41, 5.74) is 10.7. The van der Waals surface area contributed by atoms with E-state index in [0.29, 0.717) is 0 Å². The van der Waals surface area contributed by atoms with Crippen LogP contribution >= 0.6 is 0 Å². The van der Waals surface area contributed by atoms with Crippen molar-refractivity contribution in [3.05, 3.63) is 84.1 Å². The molecule has 3 aromatic carbocycles. The van der Waals surface area contributed by atoms with Crippen molar-refractivity contribution in [1.82, 2.24) is 0 Å². The normalized spacial score (nSPS) is 14.9. The third-order valence-corrected chi connectivity index (χ3v) is 7.27. The summed E-state index contributed by atoms with van der Waals surface area (Å²) in [4.78, 5) is 2.36. The summed E-state index contributed by atoms with van der Waals surface area (Å²) in [6, 6.07) is 24.1. The van der Waals surface area contributed by atoms with E-state index in [4.69, 9.17) is 4.42 Å². The predicted molar refractivity (Wildman–Crippen MR) is 137 cm³/mol. The summed E-state index contributed by atoms with van der Waals surface area (Å²) < 4.78 is 8.89. The minimum absolute atomic E-state index is 0.133. The van der Waals surface area contributed by atoms with Crippen molar-refractivity contribution in [2.45, 2.75) is 26.2 Å². The number of furan rings is 1. The van der Waals surface area contributed by atoms with Gasteiger partial charge in [-0.25, -0.2) is 4.57 Å². The molecule has 0 bridgehead atoms. The lowest BCUT2D eigenvalue weighted by atomic mass is 9.85. The lowest BCUT2D eigenvalue weighted by Gasteiger charge is -2.18. The van der Waals surface area contributed by atoms with Crippen LogP contribution in [-0.2, 0) is 12.5 Å². The summed E-state index contributed by atoms with van der Waals surface area (Å²) in [6.45, 7) is 7.86. The number of hydrogen-bond acceptors (Lipinski definition) is 2. The molecule has 6 rings (SSSR count). The van der Waals surface area contributed by atoms with Crippen molar-refractivity contribution in [3.8, 4) is 22.4 Å². The molecule has 164 valence electrons. The van der Waals surface area contributed by atoms with Crippen LogP contribution < -0.4 is 9.47 Å². The second-order valence-electron chi connectivity index (χ2n) is 10.1. The standard InChI is InChI=1S/C30H29N2O/c1-19-12-14-23-22-10-8-9-21(20-13-15-25-24(17-20)30(2,3)18-32(25)5)28(22)33-29(23)27(19)26-11-6-7-16-31(26)4/h6-17H,18H2,1-5H3/q+1. The lowest BCUT2D eigenvalue weighted by molar-refractivity contribution is -0.660. The van der Waals surface area contributed by atoms with Crippen molar-refractivity contribution in [2.24, 2.45) is 7.05 Å². The van der Waals surface area contributed by atoms with E-state index in [9.17, 15) is 0 Å². The third-order valence-electron chi connectivity index (χ3n) is 7.27. The van der Waals surface area contributed by atoms with Crippen LogP contribution in [0.4, 0.5) is 5.69 Å². The van der Waals surface area contributed by atoms with Crippen LogP contribution in [0.2, 0.25) is 0 Å². The largest absolute Gasteiger partial charge is 0.454 e. The van der Waals surface area contributed by atoms with Gasteiger partial charge in [0.15, 0.2) is 6.20 Å². The monoisotopic (exact) mass is 433 g/mol. The molecular weight excluding hydrogens is 404 g/mol. The summed E-state index contributed by atoms with van der Waals surface area (Å²) in [5.74, 6) is 0. The van der Waals surface area contributed by atoms with Crippen LogP contribution in [0.5, 0.6) is 0 Å². The number of anilines is 1. The molecule has 0 N–H and O–H groups in total. The van der Waals surface area contributed by atoms with Gasteiger partial charge in [-0.05, 0) is 41.8 Å². The Morgan fingerprint density at radius 3 is 2.55 bits per heavy atom. The van der Waals surface area contributed by atoms with Gasteiger partial charge in [-0.15, -0.1) is 0 Å². The van der Waals surface area contributed by atoms with E-state index in [2.05, 4.69) is 117 Å². The molecule has 1 aliphatic heterocycles. The highest BCUT2D eigenvalue weighted by molar-refractivity contribution is 6.13. The van der Waals surface area contributed by atoms with Gasteiger partial charge in [-0.3, -0.25) is 0 Å². The number of hydrogen-bond donors (Lipinski definition) is 0. The Kier molecular flexibility index (Phi) is 4.22. The Balaban J connectivity index is 1.63. The molecule has 0 unspecified atom stereocenters. The molecule has 1 aliphatic rings. The number of fused-ring (bicyclic) bond motifs is 4. The Morgan fingerprint density at radius 1 is 0.909 bits per heavy atom. The smallest absolute Gasteiger partial charge is 0.216 e. The van der Waals surface area contributed by atoms with E-state index in [0.717, 1.165) is 39.9 Å². The number of aryl methyl sites for hydroxylation is 2. The maximum atomic E-state index is 6.73. The van der Waals surface area contributed by atoms with Crippen LogP contribution in [0, 0.1) is 6.92 Å². The molecule has 0 saturated heterocycles. The SMILES string of the molecule is Cc1ccc2c(oc3c(-c4ccc5c(c4)C(C)(C)CN5C)cccc32)c1-c1cccc[n+]1C. The number of benzene rings is 3. The molecular formula is C30H29N2O+. The Hall–Kier alpha value is -3.59. The zero-order valence-electron chi connectivity index (χ0n) is 19.9. The number of nitrogens with zero attached hydrogens (tertiary/aromatic N) is 2. The minimum atomic E-state index is 0.133. The molecule has 0 saturated carbocycles. The average Bonchev–Trinajstić information content (AvgIpc) is 3.28. The summed E-state index contributed by atoms with van der Waals surface area (Å²) >= 11 is 0. The van der Waals surface area contributed by atoms with Gasteiger partial charge in [-0.1, -0.05) is 50.2 Å². The first kappa shape index (κ1) is 20.0. The van der Waals surface area contributed by atoms with E-state index >= 15 is 0 Å². The Bertz CT molecular complexity index is 1560. The molecule has 33 heavy (non-hydrogen) atoms. The summed E-state index contributed by atoms with van der Waals surface area (Å²) in [5, 5.41) is 2.33. The topological polar surface area (TPSA) is 20.3 Å². The molecule has 5 aromatic rings. The maximum Gasteiger partial charge on any atom is 0.216 e. The molecule has 3 heteroatoms. The Morgan fingerprint density at radius 2 is 1.73 bits per heavy atom. The maximum absolute atomic E-state index is 6.73. The minimum Gasteiger partial charge on any atom is -0.454 e. The quantitative estimate of drug-likeness (QED) is 0.286. The van der Waals surface area contributed by atoms with Gasteiger partial charge in [-0.2, -0.15) is 0 Å². The van der Waals surface area contributed by atoms with Crippen LogP contribution in [0.1, 0.15) is 25.0 Å². The van der Waals surface area contributed by atoms with Crippen LogP contribution in [0.25, 0.3) is 44.3 Å². The first-order valence-corrected chi connectivity index (χ1v) is 11.6. The van der Waals surface area contributed by atoms with Gasteiger partial charge in [0.1, 0.15) is 18.2 Å². The van der Waals surface area contributed by atoms with Crippen molar-refractivity contribution in [3.63, 3.8) is 0 Å². The first-order valence-electron chi connectivity index (χ1n) is 11.6. The number of rotatable bonds is 2. The average molecular weight is 434 g/mol. The predicted octanol–water partition coefficient (Wildman–Crippen LogP) is 6.78. The van der Waals surface area contributed by atoms with E-state index < -0.39 is 0 Å². The van der Waals surface area contributed by atoms with Gasteiger partial charge in [0.2, 0.25) is 5.69 Å². The molecule has 0 radical (unpaired) electrons. The number of pyridine rings is 1. The number of aromatic nitrogens is 1. The van der Waals surface area contributed by atoms with E-state index in [1.165, 1.54) is 27.8 Å². The van der Waals surface area contributed by atoms with Gasteiger partial charge in [0, 0.05) is 53.2 Å². The van der Waals surface area contributed by atoms with Crippen LogP contribution in [-0.4, -0.2) is 13.6 Å². The zero-order valence-corrected chi connectivity index (χ0v) is 19.9. The van der Waals surface area contributed by atoms with Gasteiger partial charge in [0.05, 0.1) is 5.56 Å². The van der Waals surface area contributed by atoms with E-state index in [-0.39, 0.29) is 5.41 Å². The lowest BCUT2D eigenvalue weighted by Crippen LogP contribution is -2.30. The molecule has 0 amide bonds. The van der Waals surface area contributed by atoms with Crippen molar-refractivity contribution >= 4 is 27.6 Å². The third kappa shape index (κ3) is 2.92. The molecule has 0 fully saturated rings. The second kappa shape index (κ2) is 6.95. The summed E-state index contributed by atoms with van der Waals surface area (Å²) in [7, 11) is 4.27. The highest BCUT2D eigenvalue weighted by atomic mass is 16.3. The highest BCUT2D eigenvalue weighted by Gasteiger charge is 2.33. The number of para-hydroxylation sites is 1. The molecule has 3 nitrogen and oxygen atoms in total. The van der Waals surface area contributed by atoms with E-state index in [1.54, 1.807) is 0 Å². The zero-order chi connectivity index (χ0) is 22.9. The van der Waals surface area contributed by atoms with Crippen molar-refractivity contribution in [2.75, 3.05) is 18.5 Å². The van der Waals surface area contributed by atoms with E-state index in [1.807, 2.05) is 0 Å². The molecule has 3 heterocycles. The second-order valence-corrected chi connectivity index (χ2v) is 10.1. The van der Waals surface area contributed by atoms with Crippen LogP contribution in [0.15, 0.2) is 77.3 Å². The first-order chi connectivity index (χ1) is 15.8. The molecule has 0 atom stereocenters. The molecule has 2 aromatic heterocycles. The van der Waals surface area contributed by atoms with Gasteiger partial charge in [0.25, 0.3) is 0 Å². The molecule has 0 aliphatic carbocycles. The fraction of sp³-hybridized carbons (Fsp3) is 0.233. The number of likely N-dealkylation sites (N-methyl/N-ethyl adjacent to an activating group) is 1. The van der Waals surface area contributed by atoms with Crippen molar-refractivity contribution < 1.29 is 8.98 Å². The van der Waals surface area contributed by atoms with Crippen molar-refractivity contribution in [1.29, 1.82) is 0 Å². The Labute approximate surface area is 194 Å².